The lowest BCUT2D eigenvalue weighted by molar-refractivity contribution is -0.131. The number of aromatic nitrogens is 2. The Kier molecular flexibility index (Phi) is 6.13. The van der Waals surface area contributed by atoms with E-state index >= 15 is 0 Å². The molecule has 4 aromatic rings. The number of carboxylic acids is 1. The van der Waals surface area contributed by atoms with Gasteiger partial charge in [0.25, 0.3) is 0 Å². The van der Waals surface area contributed by atoms with Crippen molar-refractivity contribution in [2.75, 3.05) is 13.7 Å². The van der Waals surface area contributed by atoms with Gasteiger partial charge in [-0.15, -0.1) is 0 Å². The van der Waals surface area contributed by atoms with Crippen molar-refractivity contribution in [1.82, 2.24) is 14.5 Å². The van der Waals surface area contributed by atoms with Crippen molar-refractivity contribution in [2.45, 2.75) is 25.9 Å². The molecule has 184 valence electrons. The first kappa shape index (κ1) is 23.5. The van der Waals surface area contributed by atoms with Crippen LogP contribution >= 0.6 is 0 Å². The highest BCUT2D eigenvalue weighted by molar-refractivity contribution is 5.89. The van der Waals surface area contributed by atoms with Crippen LogP contribution in [0.15, 0.2) is 54.7 Å². The Morgan fingerprint density at radius 3 is 2.67 bits per heavy atom. The van der Waals surface area contributed by atoms with Gasteiger partial charge in [0.15, 0.2) is 0 Å². The average Bonchev–Trinajstić information content (AvgIpc) is 3.18. The van der Waals surface area contributed by atoms with Crippen molar-refractivity contribution in [1.29, 1.82) is 0 Å². The number of rotatable bonds is 6. The molecule has 2 aromatic heterocycles. The van der Waals surface area contributed by atoms with Crippen LogP contribution in [0.1, 0.15) is 32.7 Å². The molecule has 0 unspecified atom stereocenters. The van der Waals surface area contributed by atoms with E-state index in [9.17, 15) is 23.5 Å². The number of benzene rings is 2. The monoisotopic (exact) mass is 491 g/mol. The summed E-state index contributed by atoms with van der Waals surface area (Å²) in [5.74, 6) is -2.15. The fourth-order valence-electron chi connectivity index (χ4n) is 4.76. The molecule has 2 aromatic carbocycles. The number of amides is 1. The maximum atomic E-state index is 14.5. The molecule has 0 spiro atoms. The lowest BCUT2D eigenvalue weighted by Crippen LogP contribution is -2.37. The van der Waals surface area contributed by atoms with E-state index in [2.05, 4.69) is 4.98 Å². The van der Waals surface area contributed by atoms with E-state index in [1.165, 1.54) is 31.4 Å². The highest BCUT2D eigenvalue weighted by atomic mass is 19.1. The number of hydrogen-bond donors (Lipinski definition) is 1. The summed E-state index contributed by atoms with van der Waals surface area (Å²) in [5.41, 5.74) is 3.61. The van der Waals surface area contributed by atoms with Gasteiger partial charge in [-0.05, 0) is 42.3 Å². The number of aromatic carboxylic acids is 1. The molecule has 36 heavy (non-hydrogen) atoms. The summed E-state index contributed by atoms with van der Waals surface area (Å²) < 4.78 is 35.1. The zero-order chi connectivity index (χ0) is 25.4. The zero-order valence-electron chi connectivity index (χ0n) is 19.5. The van der Waals surface area contributed by atoms with Crippen molar-refractivity contribution in [3.63, 3.8) is 0 Å². The largest absolute Gasteiger partial charge is 0.496 e. The SMILES string of the molecule is COc1cc(C(=O)O)ccc1CC(=O)N1CCc2c(n(Cc3ccc(F)cc3F)c3ncccc23)C1. The van der Waals surface area contributed by atoms with Gasteiger partial charge >= 0.3 is 5.97 Å². The van der Waals surface area contributed by atoms with E-state index in [0.29, 0.717) is 42.0 Å². The summed E-state index contributed by atoms with van der Waals surface area (Å²) in [7, 11) is 1.43. The lowest BCUT2D eigenvalue weighted by atomic mass is 10.0. The van der Waals surface area contributed by atoms with Crippen LogP contribution in [0.25, 0.3) is 11.0 Å². The van der Waals surface area contributed by atoms with Crippen molar-refractivity contribution in [3.8, 4) is 5.75 Å². The predicted molar refractivity (Wildman–Crippen MR) is 128 cm³/mol. The number of nitrogens with zero attached hydrogens (tertiary/aromatic N) is 3. The molecule has 3 heterocycles. The second kappa shape index (κ2) is 9.41. The molecule has 0 radical (unpaired) electrons. The van der Waals surface area contributed by atoms with Crippen molar-refractivity contribution in [2.24, 2.45) is 0 Å². The number of hydrogen-bond acceptors (Lipinski definition) is 4. The summed E-state index contributed by atoms with van der Waals surface area (Å²) in [4.78, 5) is 30.8. The Morgan fingerprint density at radius 1 is 1.11 bits per heavy atom. The van der Waals surface area contributed by atoms with Gasteiger partial charge < -0.3 is 19.3 Å². The summed E-state index contributed by atoms with van der Waals surface area (Å²) in [6.07, 6.45) is 2.32. The van der Waals surface area contributed by atoms with Gasteiger partial charge in [0.05, 0.1) is 32.2 Å². The van der Waals surface area contributed by atoms with Gasteiger partial charge in [-0.1, -0.05) is 12.1 Å². The fourth-order valence-corrected chi connectivity index (χ4v) is 4.76. The molecule has 0 aliphatic carbocycles. The number of carbonyl (C=O) groups excluding carboxylic acids is 1. The van der Waals surface area contributed by atoms with Gasteiger partial charge in [-0.25, -0.2) is 18.6 Å². The Labute approximate surface area is 205 Å². The smallest absolute Gasteiger partial charge is 0.335 e. The molecule has 0 atom stereocenters. The lowest BCUT2D eigenvalue weighted by Gasteiger charge is -2.29. The third-order valence-corrected chi connectivity index (χ3v) is 6.59. The summed E-state index contributed by atoms with van der Waals surface area (Å²) >= 11 is 0. The van der Waals surface area contributed by atoms with Crippen molar-refractivity contribution >= 4 is 22.9 Å². The van der Waals surface area contributed by atoms with E-state index in [1.807, 2.05) is 16.7 Å². The molecule has 1 aliphatic heterocycles. The third kappa shape index (κ3) is 4.28. The van der Waals surface area contributed by atoms with Crippen LogP contribution in [0.4, 0.5) is 8.78 Å². The van der Waals surface area contributed by atoms with E-state index in [1.54, 1.807) is 17.2 Å². The molecule has 0 saturated heterocycles. The van der Waals surface area contributed by atoms with Crippen molar-refractivity contribution in [3.05, 3.63) is 94.3 Å². The van der Waals surface area contributed by atoms with Crippen LogP contribution in [0.3, 0.4) is 0 Å². The van der Waals surface area contributed by atoms with Gasteiger partial charge in [0, 0.05) is 41.0 Å². The highest BCUT2D eigenvalue weighted by Crippen LogP contribution is 2.31. The average molecular weight is 491 g/mol. The summed E-state index contributed by atoms with van der Waals surface area (Å²) in [6, 6.07) is 11.8. The number of carbonyl (C=O) groups is 2. The maximum absolute atomic E-state index is 14.5. The van der Waals surface area contributed by atoms with Crippen LogP contribution < -0.4 is 4.74 Å². The van der Waals surface area contributed by atoms with Crippen LogP contribution in [0.5, 0.6) is 5.75 Å². The summed E-state index contributed by atoms with van der Waals surface area (Å²) in [6.45, 7) is 0.963. The fraction of sp³-hybridized carbons (Fsp3) is 0.222. The molecule has 0 fully saturated rings. The first-order chi connectivity index (χ1) is 17.4. The van der Waals surface area contributed by atoms with Crippen LogP contribution in [0.2, 0.25) is 0 Å². The Bertz CT molecular complexity index is 1500. The maximum Gasteiger partial charge on any atom is 0.335 e. The van der Waals surface area contributed by atoms with Gasteiger partial charge in [0.1, 0.15) is 23.0 Å². The normalized spacial score (nSPS) is 13.0. The molecule has 7 nitrogen and oxygen atoms in total. The minimum atomic E-state index is -1.08. The molecule has 1 amide bonds. The number of ether oxygens (including phenoxy) is 1. The van der Waals surface area contributed by atoms with Gasteiger partial charge in [-0.2, -0.15) is 0 Å². The zero-order valence-corrected chi connectivity index (χ0v) is 19.5. The first-order valence-corrected chi connectivity index (χ1v) is 11.4. The number of carboxylic acid groups (broad SMARTS) is 1. The summed E-state index contributed by atoms with van der Waals surface area (Å²) in [5, 5.41) is 10.2. The first-order valence-electron chi connectivity index (χ1n) is 11.4. The minimum Gasteiger partial charge on any atom is -0.496 e. The van der Waals surface area contributed by atoms with Gasteiger partial charge in [0.2, 0.25) is 5.91 Å². The standard InChI is InChI=1S/C27H23F2N3O4/c1-36-24-11-17(27(34)35)5-4-16(24)12-25(33)31-10-8-20-21-3-2-9-30-26(21)32(23(20)15-31)14-18-6-7-19(28)13-22(18)29/h2-7,9,11,13H,8,10,12,14-15H2,1H3,(H,34,35). The van der Waals surface area contributed by atoms with Crippen LogP contribution in [0, 0.1) is 11.6 Å². The second-order valence-corrected chi connectivity index (χ2v) is 8.70. The quantitative estimate of drug-likeness (QED) is 0.437. The third-order valence-electron chi connectivity index (χ3n) is 6.59. The molecule has 0 bridgehead atoms. The number of fused-ring (bicyclic) bond motifs is 3. The minimum absolute atomic E-state index is 0.0451. The molecule has 9 heteroatoms. The van der Waals surface area contributed by atoms with E-state index in [-0.39, 0.29) is 24.4 Å². The predicted octanol–water partition coefficient (Wildman–Crippen LogP) is 4.20. The molecular formula is C27H23F2N3O4. The van der Waals surface area contributed by atoms with E-state index in [0.717, 1.165) is 22.7 Å². The second-order valence-electron chi connectivity index (χ2n) is 8.70. The molecular weight excluding hydrogens is 468 g/mol. The van der Waals surface area contributed by atoms with Crippen LogP contribution in [-0.4, -0.2) is 45.1 Å². The van der Waals surface area contributed by atoms with Crippen molar-refractivity contribution < 1.29 is 28.2 Å². The van der Waals surface area contributed by atoms with Crippen LogP contribution in [-0.2, 0) is 30.7 Å². The molecule has 1 N–H and O–H groups in total. The number of methoxy groups -OCH3 is 1. The topological polar surface area (TPSA) is 84.7 Å². The molecule has 5 rings (SSSR count). The van der Waals surface area contributed by atoms with E-state index < -0.39 is 17.6 Å². The molecule has 0 saturated carbocycles. The van der Waals surface area contributed by atoms with Gasteiger partial charge in [-0.3, -0.25) is 4.79 Å². The Hall–Kier alpha value is -4.27. The Morgan fingerprint density at radius 2 is 1.92 bits per heavy atom. The van der Waals surface area contributed by atoms with E-state index in [4.69, 9.17) is 4.74 Å². The molecule has 1 aliphatic rings. The number of pyridine rings is 1. The highest BCUT2D eigenvalue weighted by Gasteiger charge is 2.28. The number of halogens is 2. The Balaban J connectivity index is 1.45.